The minimum absolute atomic E-state index is 0.401. The molecule has 0 aromatic rings. The van der Waals surface area contributed by atoms with Gasteiger partial charge >= 0.3 is 0 Å². The van der Waals surface area contributed by atoms with E-state index in [1.165, 1.54) is 24.0 Å². The zero-order valence-corrected chi connectivity index (χ0v) is 10.8. The SMILES string of the molecule is CC1=CC[C@H]2[C@H](C)[C@H]3CC(=C(C)C)[C@H]2[C@@H]1O3. The fourth-order valence-corrected chi connectivity index (χ4v) is 3.98. The third kappa shape index (κ3) is 1.27. The van der Waals surface area contributed by atoms with Crippen LogP contribution in [0.25, 0.3) is 0 Å². The fourth-order valence-electron chi connectivity index (χ4n) is 3.98. The van der Waals surface area contributed by atoms with E-state index in [4.69, 9.17) is 4.74 Å². The maximum Gasteiger partial charge on any atom is 0.0854 e. The summed E-state index contributed by atoms with van der Waals surface area (Å²) in [6, 6.07) is 0. The van der Waals surface area contributed by atoms with Gasteiger partial charge in [-0.1, -0.05) is 24.1 Å². The minimum atomic E-state index is 0.401. The van der Waals surface area contributed by atoms with Gasteiger partial charge < -0.3 is 4.74 Å². The molecule has 5 atom stereocenters. The third-order valence-electron chi connectivity index (χ3n) is 5.00. The van der Waals surface area contributed by atoms with Crippen LogP contribution >= 0.6 is 0 Å². The highest BCUT2D eigenvalue weighted by Crippen LogP contribution is 2.54. The molecule has 1 heteroatoms. The number of rotatable bonds is 0. The molecule has 2 aliphatic carbocycles. The number of allylic oxidation sites excluding steroid dienone is 2. The van der Waals surface area contributed by atoms with Gasteiger partial charge in [-0.3, -0.25) is 0 Å². The van der Waals surface area contributed by atoms with Gasteiger partial charge in [0.2, 0.25) is 0 Å². The second kappa shape index (κ2) is 3.46. The molecule has 2 saturated heterocycles. The molecule has 0 radical (unpaired) electrons. The quantitative estimate of drug-likeness (QED) is 0.563. The van der Waals surface area contributed by atoms with Crippen molar-refractivity contribution in [2.45, 2.75) is 52.7 Å². The molecule has 4 bridgehead atoms. The summed E-state index contributed by atoms with van der Waals surface area (Å²) < 4.78 is 6.26. The van der Waals surface area contributed by atoms with E-state index >= 15 is 0 Å². The van der Waals surface area contributed by atoms with E-state index in [2.05, 4.69) is 33.8 Å². The van der Waals surface area contributed by atoms with Crippen molar-refractivity contribution in [1.82, 2.24) is 0 Å². The Morgan fingerprint density at radius 2 is 2.12 bits per heavy atom. The van der Waals surface area contributed by atoms with Gasteiger partial charge in [0, 0.05) is 5.92 Å². The van der Waals surface area contributed by atoms with Crippen molar-refractivity contribution in [1.29, 1.82) is 0 Å². The highest BCUT2D eigenvalue weighted by molar-refractivity contribution is 5.31. The maximum absolute atomic E-state index is 6.26. The molecule has 1 saturated carbocycles. The molecule has 4 aliphatic rings. The van der Waals surface area contributed by atoms with Gasteiger partial charge in [-0.15, -0.1) is 0 Å². The van der Waals surface area contributed by atoms with Crippen LogP contribution in [0.3, 0.4) is 0 Å². The molecule has 0 aromatic carbocycles. The molecule has 0 spiro atoms. The summed E-state index contributed by atoms with van der Waals surface area (Å²) in [6.07, 6.45) is 5.75. The predicted molar refractivity (Wildman–Crippen MR) is 66.2 cm³/mol. The first-order valence-electron chi connectivity index (χ1n) is 6.58. The Hall–Kier alpha value is -0.560. The summed E-state index contributed by atoms with van der Waals surface area (Å²) in [5.74, 6) is 2.27. The maximum atomic E-state index is 6.26. The van der Waals surface area contributed by atoms with Crippen LogP contribution in [0.2, 0.25) is 0 Å². The van der Waals surface area contributed by atoms with Gasteiger partial charge in [-0.05, 0) is 51.0 Å². The Kier molecular flexibility index (Phi) is 2.29. The van der Waals surface area contributed by atoms with E-state index in [9.17, 15) is 0 Å². The van der Waals surface area contributed by atoms with Crippen LogP contribution < -0.4 is 0 Å². The molecule has 2 aliphatic heterocycles. The molecule has 0 N–H and O–H groups in total. The number of fused-ring (bicyclic) bond motifs is 1. The highest BCUT2D eigenvalue weighted by Gasteiger charge is 2.51. The third-order valence-corrected chi connectivity index (χ3v) is 5.00. The lowest BCUT2D eigenvalue weighted by molar-refractivity contribution is -0.146. The predicted octanol–water partition coefficient (Wildman–Crippen LogP) is 3.71. The first-order chi connectivity index (χ1) is 7.59. The Morgan fingerprint density at radius 3 is 2.81 bits per heavy atom. The summed E-state index contributed by atoms with van der Waals surface area (Å²) in [6.45, 7) is 9.18. The Labute approximate surface area is 98.6 Å². The molecule has 88 valence electrons. The Balaban J connectivity index is 2.07. The molecule has 4 rings (SSSR count). The summed E-state index contributed by atoms with van der Waals surface area (Å²) >= 11 is 0. The topological polar surface area (TPSA) is 9.23 Å². The van der Waals surface area contributed by atoms with Crippen LogP contribution in [0.4, 0.5) is 0 Å². The highest BCUT2D eigenvalue weighted by atomic mass is 16.5. The average Bonchev–Trinajstić information content (AvgIpc) is 2.27. The summed E-state index contributed by atoms with van der Waals surface area (Å²) in [7, 11) is 0. The fraction of sp³-hybridized carbons (Fsp3) is 0.733. The molecular weight excluding hydrogens is 196 g/mol. The van der Waals surface area contributed by atoms with E-state index < -0.39 is 0 Å². The summed E-state index contributed by atoms with van der Waals surface area (Å²) in [5, 5.41) is 0. The van der Waals surface area contributed by atoms with Crippen LogP contribution in [-0.2, 0) is 4.74 Å². The second-order valence-electron chi connectivity index (χ2n) is 6.06. The van der Waals surface area contributed by atoms with E-state index in [-0.39, 0.29) is 0 Å². The molecule has 0 amide bonds. The lowest BCUT2D eigenvalue weighted by Crippen LogP contribution is -2.54. The summed E-state index contributed by atoms with van der Waals surface area (Å²) in [5.41, 5.74) is 4.71. The zero-order chi connectivity index (χ0) is 11.4. The average molecular weight is 218 g/mol. The van der Waals surface area contributed by atoms with Crippen LogP contribution in [0.15, 0.2) is 22.8 Å². The van der Waals surface area contributed by atoms with E-state index in [1.54, 1.807) is 5.57 Å². The molecule has 3 fully saturated rings. The minimum Gasteiger partial charge on any atom is -0.369 e. The van der Waals surface area contributed by atoms with E-state index in [0.717, 1.165) is 11.8 Å². The Bertz CT molecular complexity index is 373. The zero-order valence-electron chi connectivity index (χ0n) is 10.8. The number of hydrogen-bond donors (Lipinski definition) is 0. The monoisotopic (exact) mass is 218 g/mol. The molecule has 1 nitrogen and oxygen atoms in total. The number of ether oxygens (including phenoxy) is 1. The van der Waals surface area contributed by atoms with Crippen molar-refractivity contribution in [2.24, 2.45) is 17.8 Å². The van der Waals surface area contributed by atoms with Gasteiger partial charge in [0.05, 0.1) is 12.2 Å². The lowest BCUT2D eigenvalue weighted by Gasteiger charge is -2.55. The second-order valence-corrected chi connectivity index (χ2v) is 6.06. The van der Waals surface area contributed by atoms with Crippen molar-refractivity contribution >= 4 is 0 Å². The van der Waals surface area contributed by atoms with Crippen molar-refractivity contribution in [3.8, 4) is 0 Å². The lowest BCUT2D eigenvalue weighted by atomic mass is 9.59. The van der Waals surface area contributed by atoms with E-state index in [1.807, 2.05) is 0 Å². The van der Waals surface area contributed by atoms with Gasteiger partial charge in [0.15, 0.2) is 0 Å². The van der Waals surface area contributed by atoms with Crippen LogP contribution in [0, 0.1) is 17.8 Å². The van der Waals surface area contributed by atoms with Crippen molar-refractivity contribution in [2.75, 3.05) is 0 Å². The first-order valence-corrected chi connectivity index (χ1v) is 6.58. The van der Waals surface area contributed by atoms with E-state index in [0.29, 0.717) is 18.1 Å². The van der Waals surface area contributed by atoms with Crippen molar-refractivity contribution in [3.63, 3.8) is 0 Å². The largest absolute Gasteiger partial charge is 0.369 e. The molecule has 2 heterocycles. The van der Waals surface area contributed by atoms with Gasteiger partial charge in [-0.2, -0.15) is 0 Å². The van der Waals surface area contributed by atoms with Gasteiger partial charge in [0.25, 0.3) is 0 Å². The Morgan fingerprint density at radius 1 is 1.38 bits per heavy atom. The normalized spacial score (nSPS) is 45.6. The molecular formula is C15H22O. The van der Waals surface area contributed by atoms with Crippen LogP contribution in [0.1, 0.15) is 40.5 Å². The van der Waals surface area contributed by atoms with Crippen molar-refractivity contribution < 1.29 is 4.74 Å². The first kappa shape index (κ1) is 10.6. The number of hydrogen-bond acceptors (Lipinski definition) is 1. The van der Waals surface area contributed by atoms with Crippen LogP contribution in [0.5, 0.6) is 0 Å². The smallest absolute Gasteiger partial charge is 0.0854 e. The standard InChI is InChI=1S/C15H22O/c1-8(2)12-7-13-10(4)11-6-5-9(3)15(16-13)14(11)12/h5,10-11,13-15H,6-7H2,1-4H3/t10-,11-,13+,14-,15+/m0/s1. The van der Waals surface area contributed by atoms with Gasteiger partial charge in [0.1, 0.15) is 0 Å². The molecule has 0 aromatic heterocycles. The van der Waals surface area contributed by atoms with Gasteiger partial charge in [-0.25, -0.2) is 0 Å². The molecule has 16 heavy (non-hydrogen) atoms. The van der Waals surface area contributed by atoms with Crippen LogP contribution in [-0.4, -0.2) is 12.2 Å². The molecule has 0 unspecified atom stereocenters. The summed E-state index contributed by atoms with van der Waals surface area (Å²) in [4.78, 5) is 0. The van der Waals surface area contributed by atoms with Crippen molar-refractivity contribution in [3.05, 3.63) is 22.8 Å².